The van der Waals surface area contributed by atoms with Gasteiger partial charge in [-0.25, -0.2) is 0 Å². The monoisotopic (exact) mass is 430 g/mol. The SMILES string of the molecule is COC(=O)[C@]12CCCC(C)(C)[C@@H]1CCc1cc(C(C)C)c(OC(C)=O)c(OC(C)=O)c12. The molecule has 0 unspecified atom stereocenters. The molecule has 0 N–H and O–H groups in total. The maximum Gasteiger partial charge on any atom is 0.316 e. The van der Waals surface area contributed by atoms with Gasteiger partial charge in [-0.3, -0.25) is 14.4 Å². The van der Waals surface area contributed by atoms with Crippen LogP contribution in [-0.4, -0.2) is 25.0 Å². The molecule has 6 heteroatoms. The van der Waals surface area contributed by atoms with Crippen LogP contribution in [0.4, 0.5) is 0 Å². The molecule has 31 heavy (non-hydrogen) atoms. The molecule has 0 radical (unpaired) electrons. The minimum absolute atomic E-state index is 0.0260. The number of rotatable bonds is 4. The standard InChI is InChI=1S/C25H34O6/c1-14(2)18-13-17-9-10-19-24(5,6)11-8-12-25(19,23(28)29-7)20(17)22(31-16(4)27)21(18)30-15(3)26/h13-14,19H,8-12H2,1-7H3/t19-,25+/m0/s1. The van der Waals surface area contributed by atoms with E-state index >= 15 is 0 Å². The van der Waals surface area contributed by atoms with Gasteiger partial charge < -0.3 is 14.2 Å². The fourth-order valence-electron chi connectivity index (χ4n) is 5.92. The van der Waals surface area contributed by atoms with Gasteiger partial charge in [0.25, 0.3) is 0 Å². The van der Waals surface area contributed by atoms with E-state index < -0.39 is 17.4 Å². The molecule has 1 fully saturated rings. The van der Waals surface area contributed by atoms with Crippen LogP contribution >= 0.6 is 0 Å². The molecular weight excluding hydrogens is 396 g/mol. The second-order valence-corrected chi connectivity index (χ2v) is 9.90. The number of hydrogen-bond acceptors (Lipinski definition) is 6. The summed E-state index contributed by atoms with van der Waals surface area (Å²) in [5.74, 6) is -0.833. The molecule has 3 rings (SSSR count). The van der Waals surface area contributed by atoms with Crippen molar-refractivity contribution in [3.63, 3.8) is 0 Å². The summed E-state index contributed by atoms with van der Waals surface area (Å²) in [6.07, 6.45) is 4.08. The van der Waals surface area contributed by atoms with Gasteiger partial charge in [0.2, 0.25) is 0 Å². The van der Waals surface area contributed by atoms with Gasteiger partial charge in [0, 0.05) is 25.0 Å². The van der Waals surface area contributed by atoms with E-state index in [2.05, 4.69) is 13.8 Å². The van der Waals surface area contributed by atoms with E-state index in [-0.39, 0.29) is 34.7 Å². The van der Waals surface area contributed by atoms with Gasteiger partial charge >= 0.3 is 17.9 Å². The predicted octanol–water partition coefficient (Wildman–Crippen LogP) is 4.84. The zero-order valence-corrected chi connectivity index (χ0v) is 19.7. The van der Waals surface area contributed by atoms with Crippen LogP contribution in [0.25, 0.3) is 0 Å². The average molecular weight is 431 g/mol. The number of carbonyl (C=O) groups excluding carboxylic acids is 3. The molecule has 2 aliphatic rings. The molecule has 2 atom stereocenters. The van der Waals surface area contributed by atoms with Crippen molar-refractivity contribution in [1.82, 2.24) is 0 Å². The zero-order chi connectivity index (χ0) is 23.1. The maximum atomic E-state index is 13.5. The topological polar surface area (TPSA) is 78.9 Å². The van der Waals surface area contributed by atoms with Crippen molar-refractivity contribution in [1.29, 1.82) is 0 Å². The maximum absolute atomic E-state index is 13.5. The first-order valence-electron chi connectivity index (χ1n) is 11.1. The molecule has 1 aromatic carbocycles. The molecule has 0 aromatic heterocycles. The number of fused-ring (bicyclic) bond motifs is 3. The van der Waals surface area contributed by atoms with Crippen molar-refractivity contribution in [2.24, 2.45) is 11.3 Å². The van der Waals surface area contributed by atoms with Crippen molar-refractivity contribution in [2.75, 3.05) is 7.11 Å². The largest absolute Gasteiger partial charge is 0.468 e. The molecule has 0 saturated heterocycles. The Morgan fingerprint density at radius 2 is 1.65 bits per heavy atom. The van der Waals surface area contributed by atoms with Crippen LogP contribution in [-0.2, 0) is 31.0 Å². The minimum atomic E-state index is -0.945. The van der Waals surface area contributed by atoms with Gasteiger partial charge in [0.05, 0.1) is 7.11 Å². The molecule has 2 aliphatic carbocycles. The van der Waals surface area contributed by atoms with Gasteiger partial charge in [-0.2, -0.15) is 0 Å². The highest BCUT2D eigenvalue weighted by Crippen LogP contribution is 2.61. The lowest BCUT2D eigenvalue weighted by molar-refractivity contribution is -0.157. The Balaban J connectivity index is 2.44. The molecule has 0 spiro atoms. The van der Waals surface area contributed by atoms with E-state index in [0.717, 1.165) is 36.8 Å². The van der Waals surface area contributed by atoms with Crippen LogP contribution in [0, 0.1) is 11.3 Å². The zero-order valence-electron chi connectivity index (χ0n) is 19.7. The van der Waals surface area contributed by atoms with Gasteiger partial charge in [-0.15, -0.1) is 0 Å². The summed E-state index contributed by atoms with van der Waals surface area (Å²) >= 11 is 0. The third-order valence-corrected chi connectivity index (χ3v) is 7.09. The number of esters is 3. The number of carbonyl (C=O) groups is 3. The van der Waals surface area contributed by atoms with Crippen LogP contribution in [0.1, 0.15) is 89.8 Å². The molecule has 6 nitrogen and oxygen atoms in total. The molecule has 0 amide bonds. The summed E-state index contributed by atoms with van der Waals surface area (Å²) in [6, 6.07) is 2.02. The highest BCUT2D eigenvalue weighted by Gasteiger charge is 2.59. The average Bonchev–Trinajstić information content (AvgIpc) is 2.66. The summed E-state index contributed by atoms with van der Waals surface area (Å²) in [6.45, 7) is 11.0. The first-order valence-corrected chi connectivity index (χ1v) is 11.1. The van der Waals surface area contributed by atoms with E-state index in [9.17, 15) is 14.4 Å². The van der Waals surface area contributed by atoms with Crippen molar-refractivity contribution in [3.05, 3.63) is 22.8 Å². The molecule has 0 heterocycles. The molecule has 1 saturated carbocycles. The van der Waals surface area contributed by atoms with Gasteiger partial charge in [-0.1, -0.05) is 40.2 Å². The van der Waals surface area contributed by atoms with Gasteiger partial charge in [-0.05, 0) is 48.5 Å². The summed E-state index contributed by atoms with van der Waals surface area (Å²) in [4.78, 5) is 37.7. The molecule has 0 aliphatic heterocycles. The Kier molecular flexibility index (Phi) is 6.23. The van der Waals surface area contributed by atoms with Crippen LogP contribution in [0.15, 0.2) is 6.07 Å². The van der Waals surface area contributed by atoms with E-state index in [1.165, 1.54) is 21.0 Å². The van der Waals surface area contributed by atoms with Crippen LogP contribution < -0.4 is 9.47 Å². The van der Waals surface area contributed by atoms with Crippen molar-refractivity contribution >= 4 is 17.9 Å². The first kappa shape index (κ1) is 23.3. The lowest BCUT2D eigenvalue weighted by Crippen LogP contribution is -2.55. The smallest absolute Gasteiger partial charge is 0.316 e. The Labute approximate surface area is 184 Å². The number of benzene rings is 1. The molecular formula is C25H34O6. The van der Waals surface area contributed by atoms with Crippen LogP contribution in [0.5, 0.6) is 11.5 Å². The summed E-state index contributed by atoms with van der Waals surface area (Å²) in [7, 11) is 1.41. The highest BCUT2D eigenvalue weighted by molar-refractivity contribution is 5.88. The Morgan fingerprint density at radius 3 is 2.19 bits per heavy atom. The highest BCUT2D eigenvalue weighted by atomic mass is 16.6. The number of ether oxygens (including phenoxy) is 3. The minimum Gasteiger partial charge on any atom is -0.468 e. The quantitative estimate of drug-likeness (QED) is 0.502. The summed E-state index contributed by atoms with van der Waals surface area (Å²) in [5.41, 5.74) is 1.39. The fraction of sp³-hybridized carbons (Fsp3) is 0.640. The third kappa shape index (κ3) is 3.85. The third-order valence-electron chi connectivity index (χ3n) is 7.09. The van der Waals surface area contributed by atoms with Crippen LogP contribution in [0.3, 0.4) is 0 Å². The second-order valence-electron chi connectivity index (χ2n) is 9.90. The lowest BCUT2D eigenvalue weighted by atomic mass is 9.49. The fourth-order valence-corrected chi connectivity index (χ4v) is 5.92. The second kappa shape index (κ2) is 8.29. The Morgan fingerprint density at radius 1 is 1.03 bits per heavy atom. The molecule has 170 valence electrons. The Bertz CT molecular complexity index is 913. The molecule has 1 aromatic rings. The Hall–Kier alpha value is -2.37. The molecule has 0 bridgehead atoms. The lowest BCUT2D eigenvalue weighted by Gasteiger charge is -2.54. The van der Waals surface area contributed by atoms with E-state index in [0.29, 0.717) is 12.0 Å². The first-order chi connectivity index (χ1) is 14.5. The van der Waals surface area contributed by atoms with E-state index in [4.69, 9.17) is 14.2 Å². The van der Waals surface area contributed by atoms with Gasteiger partial charge in [0.1, 0.15) is 5.41 Å². The number of aryl methyl sites for hydroxylation is 1. The number of hydrogen-bond donors (Lipinski definition) is 0. The normalized spacial score (nSPS) is 24.1. The van der Waals surface area contributed by atoms with E-state index in [1.807, 2.05) is 19.9 Å². The predicted molar refractivity (Wildman–Crippen MR) is 116 cm³/mol. The van der Waals surface area contributed by atoms with Crippen molar-refractivity contribution < 1.29 is 28.6 Å². The van der Waals surface area contributed by atoms with Crippen molar-refractivity contribution in [3.8, 4) is 11.5 Å². The summed E-state index contributed by atoms with van der Waals surface area (Å²) < 4.78 is 16.7. The van der Waals surface area contributed by atoms with Gasteiger partial charge in [0.15, 0.2) is 11.5 Å². The van der Waals surface area contributed by atoms with Crippen molar-refractivity contribution in [2.45, 2.75) is 85.0 Å². The summed E-state index contributed by atoms with van der Waals surface area (Å²) in [5, 5.41) is 0. The van der Waals surface area contributed by atoms with Crippen LogP contribution in [0.2, 0.25) is 0 Å². The van der Waals surface area contributed by atoms with E-state index in [1.54, 1.807) is 0 Å². The number of methoxy groups -OCH3 is 1.